The third kappa shape index (κ3) is 16.8. The first-order valence-corrected chi connectivity index (χ1v) is 15.0. The summed E-state index contributed by atoms with van der Waals surface area (Å²) in [5.41, 5.74) is -5.69. The van der Waals surface area contributed by atoms with Gasteiger partial charge in [-0.15, -0.1) is 0 Å². The Bertz CT molecular complexity index is 1840. The number of rotatable bonds is 10. The van der Waals surface area contributed by atoms with Crippen LogP contribution in [0.25, 0.3) is 0 Å². The van der Waals surface area contributed by atoms with Gasteiger partial charge in [-0.1, -0.05) is 0 Å². The molecule has 0 unspecified atom stereocenters. The van der Waals surface area contributed by atoms with E-state index in [0.29, 0.717) is 12.1 Å². The summed E-state index contributed by atoms with van der Waals surface area (Å²) in [6.07, 6.45) is -24.3. The fraction of sp³-hybridized carbons (Fsp3) is 0.364. The lowest BCUT2D eigenvalue weighted by Crippen LogP contribution is -2.28. The predicted molar refractivity (Wildman–Crippen MR) is 166 cm³/mol. The van der Waals surface area contributed by atoms with E-state index in [2.05, 4.69) is 5.32 Å². The quantitative estimate of drug-likeness (QED) is 0.198. The molecule has 0 aromatic heterocycles. The Hall–Kier alpha value is -5.66. The van der Waals surface area contributed by atoms with Crippen molar-refractivity contribution >= 4 is 17.1 Å². The highest BCUT2D eigenvalue weighted by atomic mass is 19.4. The summed E-state index contributed by atoms with van der Waals surface area (Å²) >= 11 is 0. The van der Waals surface area contributed by atoms with E-state index < -0.39 is 97.1 Å². The summed E-state index contributed by atoms with van der Waals surface area (Å²) < 4.78 is 209. The Kier molecular flexibility index (Phi) is 17.5. The molecular formula is C33H25F17N6. The number of nitriles is 3. The van der Waals surface area contributed by atoms with Gasteiger partial charge in [-0.3, -0.25) is 0 Å². The van der Waals surface area contributed by atoms with Crippen molar-refractivity contribution in [3.8, 4) is 18.2 Å². The van der Waals surface area contributed by atoms with Gasteiger partial charge in [0.2, 0.25) is 0 Å². The summed E-state index contributed by atoms with van der Waals surface area (Å²) in [5, 5.41) is 29.7. The van der Waals surface area contributed by atoms with E-state index in [4.69, 9.17) is 15.8 Å². The molecule has 0 aliphatic heterocycles. The van der Waals surface area contributed by atoms with Crippen molar-refractivity contribution in [2.75, 3.05) is 55.1 Å². The minimum absolute atomic E-state index is 0.0432. The van der Waals surface area contributed by atoms with Crippen LogP contribution in [-0.2, 0) is 18.5 Å². The molecular weight excluding hydrogens is 803 g/mol. The van der Waals surface area contributed by atoms with Crippen LogP contribution >= 0.6 is 0 Å². The number of anilines is 3. The third-order valence-corrected chi connectivity index (χ3v) is 6.62. The molecule has 2 N–H and O–H groups in total. The van der Waals surface area contributed by atoms with E-state index >= 15 is 0 Å². The molecule has 306 valence electrons. The molecule has 0 radical (unpaired) electrons. The van der Waals surface area contributed by atoms with Gasteiger partial charge in [0, 0.05) is 36.7 Å². The number of nitrogens with one attached hydrogen (secondary N) is 2. The van der Waals surface area contributed by atoms with Gasteiger partial charge in [-0.25, -0.2) is 8.78 Å². The van der Waals surface area contributed by atoms with Gasteiger partial charge in [0.05, 0.1) is 58.0 Å². The Labute approximate surface area is 306 Å². The molecule has 0 atom stereocenters. The molecule has 0 amide bonds. The molecule has 0 aliphatic rings. The SMILES string of the molecule is N#Cc1ccc(N(CCF)CCF)cc1C(F)(F)F.N#Cc1ccc(NCC(F)(F)F)cc1C(F)(F)F.N#Cc1ccc(NCCC(F)(F)F)cc1C(F)(F)F. The smallest absolute Gasteiger partial charge is 0.385 e. The second-order valence-electron chi connectivity index (χ2n) is 10.7. The van der Waals surface area contributed by atoms with Gasteiger partial charge in [0.15, 0.2) is 0 Å². The second-order valence-corrected chi connectivity index (χ2v) is 10.7. The zero-order valence-corrected chi connectivity index (χ0v) is 27.9. The van der Waals surface area contributed by atoms with E-state index in [0.717, 1.165) is 41.3 Å². The molecule has 3 rings (SSSR count). The van der Waals surface area contributed by atoms with Crippen LogP contribution in [0.1, 0.15) is 39.8 Å². The topological polar surface area (TPSA) is 98.7 Å². The zero-order valence-electron chi connectivity index (χ0n) is 27.9. The van der Waals surface area contributed by atoms with Crippen LogP contribution in [0.2, 0.25) is 0 Å². The number of nitrogens with zero attached hydrogens (tertiary/aromatic N) is 4. The number of hydrogen-bond acceptors (Lipinski definition) is 6. The monoisotopic (exact) mass is 828 g/mol. The van der Waals surface area contributed by atoms with Crippen LogP contribution < -0.4 is 15.5 Å². The summed E-state index contributed by atoms with van der Waals surface area (Å²) in [5.74, 6) is 0. The van der Waals surface area contributed by atoms with Gasteiger partial charge in [-0.05, 0) is 54.6 Å². The van der Waals surface area contributed by atoms with Crippen LogP contribution in [-0.4, -0.2) is 51.9 Å². The number of hydrogen-bond donors (Lipinski definition) is 2. The van der Waals surface area contributed by atoms with Crippen molar-refractivity contribution in [1.82, 2.24) is 0 Å². The molecule has 3 aromatic carbocycles. The molecule has 6 nitrogen and oxygen atoms in total. The van der Waals surface area contributed by atoms with Gasteiger partial charge >= 0.3 is 30.9 Å². The maximum absolute atomic E-state index is 12.7. The van der Waals surface area contributed by atoms with Gasteiger partial charge in [0.1, 0.15) is 19.9 Å². The lowest BCUT2D eigenvalue weighted by atomic mass is 10.1. The molecule has 3 aromatic rings. The minimum atomic E-state index is -4.79. The standard InChI is InChI=1S/C12H11F5N2.C11H8F6N2.C10H6F6N2/c13-3-5-19(6-4-14)10-2-1-9(8-18)11(7-10)12(15,16)17;12-10(13,14)3-4-19-8-2-1-7(6-18)9(5-8)11(15,16)17;11-9(12,13)5-18-7-2-1-6(4-17)8(3-7)10(14,15)16/h1-2,7H,3-6H2;1-2,5,19H,3-4H2;1-3,18H,5H2. The van der Waals surface area contributed by atoms with Crippen LogP contribution in [0.15, 0.2) is 54.6 Å². The fourth-order valence-corrected chi connectivity index (χ4v) is 4.16. The second kappa shape index (κ2) is 20.3. The van der Waals surface area contributed by atoms with Gasteiger partial charge < -0.3 is 15.5 Å². The Morgan fingerprint density at radius 2 is 0.875 bits per heavy atom. The molecule has 0 saturated carbocycles. The minimum Gasteiger partial charge on any atom is -0.385 e. The van der Waals surface area contributed by atoms with Crippen molar-refractivity contribution in [2.45, 2.75) is 37.3 Å². The Morgan fingerprint density at radius 3 is 1.21 bits per heavy atom. The average Bonchev–Trinajstić information content (AvgIpc) is 3.09. The summed E-state index contributed by atoms with van der Waals surface area (Å²) in [6.45, 7) is -3.99. The summed E-state index contributed by atoms with van der Waals surface area (Å²) in [6, 6.07) is 12.1. The van der Waals surface area contributed by atoms with Crippen molar-refractivity contribution in [1.29, 1.82) is 15.8 Å². The largest absolute Gasteiger partial charge is 0.417 e. The first-order valence-electron chi connectivity index (χ1n) is 15.0. The lowest BCUT2D eigenvalue weighted by molar-refractivity contribution is -0.138. The normalized spacial score (nSPS) is 11.8. The van der Waals surface area contributed by atoms with Gasteiger partial charge in [0.25, 0.3) is 0 Å². The summed E-state index contributed by atoms with van der Waals surface area (Å²) in [4.78, 5) is 1.16. The maximum Gasteiger partial charge on any atom is 0.417 e. The molecule has 56 heavy (non-hydrogen) atoms. The molecule has 0 fully saturated rings. The first-order chi connectivity index (χ1) is 25.7. The van der Waals surface area contributed by atoms with E-state index in [1.54, 1.807) is 0 Å². The van der Waals surface area contributed by atoms with Crippen molar-refractivity contribution in [2.24, 2.45) is 0 Å². The van der Waals surface area contributed by atoms with Crippen LogP contribution in [0.4, 0.5) is 91.7 Å². The van der Waals surface area contributed by atoms with Crippen molar-refractivity contribution in [3.05, 3.63) is 88.0 Å². The molecule has 0 aliphatic carbocycles. The highest BCUT2D eigenvalue weighted by Crippen LogP contribution is 2.36. The van der Waals surface area contributed by atoms with Crippen molar-refractivity contribution in [3.63, 3.8) is 0 Å². The van der Waals surface area contributed by atoms with Crippen molar-refractivity contribution < 1.29 is 74.6 Å². The Morgan fingerprint density at radius 1 is 0.500 bits per heavy atom. The Balaban J connectivity index is 0.000000420. The number of benzene rings is 3. The zero-order chi connectivity index (χ0) is 43.1. The molecule has 0 spiro atoms. The third-order valence-electron chi connectivity index (χ3n) is 6.62. The van der Waals surface area contributed by atoms with E-state index in [9.17, 15) is 74.6 Å². The highest BCUT2D eigenvalue weighted by molar-refractivity contribution is 5.56. The lowest BCUT2D eigenvalue weighted by Gasteiger charge is -2.23. The van der Waals surface area contributed by atoms with Crippen LogP contribution in [0.5, 0.6) is 0 Å². The first kappa shape index (κ1) is 48.4. The van der Waals surface area contributed by atoms with Crippen LogP contribution in [0, 0.1) is 34.0 Å². The molecule has 0 bridgehead atoms. The number of alkyl halides is 17. The van der Waals surface area contributed by atoms with E-state index in [1.165, 1.54) is 24.3 Å². The average molecular weight is 829 g/mol. The van der Waals surface area contributed by atoms with Crippen LogP contribution in [0.3, 0.4) is 0 Å². The summed E-state index contributed by atoms with van der Waals surface area (Å²) in [7, 11) is 0. The maximum atomic E-state index is 12.7. The number of halogens is 17. The molecule has 0 saturated heterocycles. The molecule has 23 heteroatoms. The fourth-order valence-electron chi connectivity index (χ4n) is 4.16. The van der Waals surface area contributed by atoms with E-state index in [-0.39, 0.29) is 30.2 Å². The molecule has 0 heterocycles. The highest BCUT2D eigenvalue weighted by Gasteiger charge is 2.36. The van der Waals surface area contributed by atoms with E-state index in [1.807, 2.05) is 5.32 Å². The predicted octanol–water partition coefficient (Wildman–Crippen LogP) is 10.8. The van der Waals surface area contributed by atoms with Gasteiger partial charge in [-0.2, -0.15) is 81.6 Å².